The van der Waals surface area contributed by atoms with Gasteiger partial charge in [0.15, 0.2) is 0 Å². The zero-order chi connectivity index (χ0) is 22.5. The maximum absolute atomic E-state index is 13.4. The summed E-state index contributed by atoms with van der Waals surface area (Å²) in [5, 5.41) is 2.09. The molecule has 0 unspecified atom stereocenters. The third-order valence-electron chi connectivity index (χ3n) is 5.62. The van der Waals surface area contributed by atoms with Crippen LogP contribution in [0.15, 0.2) is 35.7 Å². The number of aryl methyl sites for hydroxylation is 1. The third-order valence-corrected chi connectivity index (χ3v) is 6.62. The fourth-order valence-electron chi connectivity index (χ4n) is 4.05. The molecule has 3 rings (SSSR count). The number of amides is 2. The number of carbonyl (C=O) groups is 2. The van der Waals surface area contributed by atoms with Crippen molar-refractivity contribution in [2.75, 3.05) is 26.2 Å². The number of thiophene rings is 1. The van der Waals surface area contributed by atoms with Gasteiger partial charge in [-0.2, -0.15) is 0 Å². The van der Waals surface area contributed by atoms with Gasteiger partial charge in [-0.15, -0.1) is 11.3 Å². The zero-order valence-corrected chi connectivity index (χ0v) is 20.1. The summed E-state index contributed by atoms with van der Waals surface area (Å²) in [7, 11) is 0. The Morgan fingerprint density at radius 2 is 1.94 bits per heavy atom. The van der Waals surface area contributed by atoms with Crippen molar-refractivity contribution in [2.24, 2.45) is 11.8 Å². The fraction of sp³-hybridized carbons (Fsp3) is 0.520. The van der Waals surface area contributed by atoms with E-state index < -0.39 is 0 Å². The molecule has 1 aliphatic rings. The van der Waals surface area contributed by atoms with E-state index in [2.05, 4.69) is 25.3 Å². The molecule has 0 saturated heterocycles. The molecule has 2 amide bonds. The van der Waals surface area contributed by atoms with Crippen molar-refractivity contribution < 1.29 is 14.3 Å². The second kappa shape index (κ2) is 10.3. The molecule has 5 nitrogen and oxygen atoms in total. The maximum Gasteiger partial charge on any atom is 0.242 e. The lowest BCUT2D eigenvalue weighted by molar-refractivity contribution is -0.144. The predicted octanol–water partition coefficient (Wildman–Crippen LogP) is 4.70. The van der Waals surface area contributed by atoms with E-state index >= 15 is 0 Å². The Hall–Kier alpha value is -2.34. The van der Waals surface area contributed by atoms with Crippen molar-refractivity contribution in [3.05, 3.63) is 51.7 Å². The van der Waals surface area contributed by atoms with Gasteiger partial charge in [0.05, 0.1) is 12.6 Å². The summed E-state index contributed by atoms with van der Waals surface area (Å²) in [6.45, 7) is 11.7. The van der Waals surface area contributed by atoms with Crippen LogP contribution in [0.1, 0.15) is 49.7 Å². The zero-order valence-electron chi connectivity index (χ0n) is 19.3. The van der Waals surface area contributed by atoms with Crippen LogP contribution >= 0.6 is 11.3 Å². The Balaban J connectivity index is 1.79. The van der Waals surface area contributed by atoms with Crippen LogP contribution < -0.4 is 4.74 Å². The molecule has 1 aliphatic heterocycles. The smallest absolute Gasteiger partial charge is 0.242 e. The number of ether oxygens (including phenoxy) is 1. The van der Waals surface area contributed by atoms with Crippen LogP contribution in [0.3, 0.4) is 0 Å². The van der Waals surface area contributed by atoms with Crippen LogP contribution in [0.2, 0.25) is 0 Å². The minimum absolute atomic E-state index is 0.00937. The Bertz CT molecular complexity index is 906. The molecule has 1 aromatic heterocycles. The van der Waals surface area contributed by atoms with Crippen molar-refractivity contribution in [1.82, 2.24) is 9.80 Å². The van der Waals surface area contributed by atoms with Gasteiger partial charge in [0.1, 0.15) is 12.4 Å². The first kappa shape index (κ1) is 23.3. The molecule has 2 aromatic rings. The molecule has 6 heteroatoms. The number of rotatable bonds is 8. The Labute approximate surface area is 190 Å². The van der Waals surface area contributed by atoms with Crippen LogP contribution in [-0.4, -0.2) is 47.9 Å². The molecule has 1 atom stereocenters. The second-order valence-corrected chi connectivity index (χ2v) is 10.00. The molecule has 1 aromatic carbocycles. The van der Waals surface area contributed by atoms with Gasteiger partial charge in [-0.25, -0.2) is 0 Å². The van der Waals surface area contributed by atoms with Gasteiger partial charge in [-0.3, -0.25) is 9.59 Å². The van der Waals surface area contributed by atoms with E-state index in [0.717, 1.165) is 17.7 Å². The molecule has 0 fully saturated rings. The van der Waals surface area contributed by atoms with E-state index in [-0.39, 0.29) is 30.3 Å². The minimum Gasteiger partial charge on any atom is -0.491 e. The van der Waals surface area contributed by atoms with E-state index in [9.17, 15) is 9.59 Å². The van der Waals surface area contributed by atoms with E-state index in [4.69, 9.17) is 4.74 Å². The predicted molar refractivity (Wildman–Crippen MR) is 125 cm³/mol. The topological polar surface area (TPSA) is 49.9 Å². The number of benzene rings is 1. The van der Waals surface area contributed by atoms with Crippen molar-refractivity contribution >= 4 is 23.2 Å². The normalized spacial score (nSPS) is 15.8. The summed E-state index contributed by atoms with van der Waals surface area (Å²) in [5.41, 5.74) is 2.25. The number of hydrogen-bond donors (Lipinski definition) is 0. The summed E-state index contributed by atoms with van der Waals surface area (Å²) < 4.78 is 6.17. The number of carbonyl (C=O) groups excluding carboxylic acids is 2. The van der Waals surface area contributed by atoms with Gasteiger partial charge in [-0.1, -0.05) is 45.9 Å². The van der Waals surface area contributed by atoms with Crippen molar-refractivity contribution in [1.29, 1.82) is 0 Å². The highest BCUT2D eigenvalue weighted by atomic mass is 32.1. The Kier molecular flexibility index (Phi) is 7.76. The summed E-state index contributed by atoms with van der Waals surface area (Å²) >= 11 is 1.74. The molecule has 2 heterocycles. The lowest BCUT2D eigenvalue weighted by Crippen LogP contribution is -2.49. The largest absolute Gasteiger partial charge is 0.491 e. The van der Waals surface area contributed by atoms with Gasteiger partial charge in [-0.05, 0) is 47.9 Å². The van der Waals surface area contributed by atoms with Crippen molar-refractivity contribution in [3.63, 3.8) is 0 Å². The van der Waals surface area contributed by atoms with Crippen molar-refractivity contribution in [3.8, 4) is 5.75 Å². The van der Waals surface area contributed by atoms with Crippen LogP contribution in [0.4, 0.5) is 0 Å². The fourth-order valence-corrected chi connectivity index (χ4v) is 4.98. The summed E-state index contributed by atoms with van der Waals surface area (Å²) in [4.78, 5) is 31.1. The molecule has 31 heavy (non-hydrogen) atoms. The van der Waals surface area contributed by atoms with Crippen LogP contribution in [0.25, 0.3) is 0 Å². The first-order valence-electron chi connectivity index (χ1n) is 11.1. The molecule has 0 spiro atoms. The molecule has 168 valence electrons. The number of para-hydroxylation sites is 1. The highest BCUT2D eigenvalue weighted by Crippen LogP contribution is 2.34. The number of nitrogens with zero attached hydrogens (tertiary/aromatic N) is 2. The minimum atomic E-state index is -0.142. The summed E-state index contributed by atoms with van der Waals surface area (Å²) in [6, 6.07) is 9.91. The van der Waals surface area contributed by atoms with E-state index in [0.29, 0.717) is 25.6 Å². The van der Waals surface area contributed by atoms with E-state index in [1.165, 1.54) is 10.4 Å². The number of hydrogen-bond acceptors (Lipinski definition) is 4. The average Bonchev–Trinajstić information content (AvgIpc) is 3.20. The van der Waals surface area contributed by atoms with Gasteiger partial charge in [0.25, 0.3) is 0 Å². The highest BCUT2D eigenvalue weighted by molar-refractivity contribution is 7.10. The molecule has 0 saturated carbocycles. The Morgan fingerprint density at radius 1 is 1.19 bits per heavy atom. The first-order chi connectivity index (χ1) is 14.8. The monoisotopic (exact) mass is 442 g/mol. The molecule has 0 bridgehead atoms. The third kappa shape index (κ3) is 5.67. The maximum atomic E-state index is 13.4. The van der Waals surface area contributed by atoms with E-state index in [1.54, 1.807) is 16.2 Å². The Morgan fingerprint density at radius 3 is 2.61 bits per heavy atom. The molecular weight excluding hydrogens is 408 g/mol. The lowest BCUT2D eigenvalue weighted by Gasteiger charge is -2.37. The van der Waals surface area contributed by atoms with Crippen LogP contribution in [-0.2, 0) is 16.0 Å². The van der Waals surface area contributed by atoms with E-state index in [1.807, 2.05) is 49.9 Å². The molecule has 0 radical (unpaired) electrons. The first-order valence-corrected chi connectivity index (χ1v) is 12.0. The SMILES string of the molecule is Cc1ccccc1OC[C@H]1c2ccsc2CCN1C(=O)CN(CC(C)C)C(=O)C(C)C. The summed E-state index contributed by atoms with van der Waals surface area (Å²) in [5.74, 6) is 1.04. The van der Waals surface area contributed by atoms with Gasteiger partial charge in [0, 0.05) is 23.9 Å². The van der Waals surface area contributed by atoms with Gasteiger partial charge < -0.3 is 14.5 Å². The second-order valence-electron chi connectivity index (χ2n) is 9.00. The average molecular weight is 443 g/mol. The van der Waals surface area contributed by atoms with Crippen LogP contribution in [0, 0.1) is 18.8 Å². The lowest BCUT2D eigenvalue weighted by atomic mass is 10.00. The standard InChI is InChI=1S/C25H34N2O3S/c1-17(2)14-26(25(29)18(3)4)15-24(28)27-12-10-23-20(11-13-31-23)21(27)16-30-22-9-7-6-8-19(22)5/h6-9,11,13,17-18,21H,10,12,14-16H2,1-5H3/t21-/m0/s1. The van der Waals surface area contributed by atoms with Crippen LogP contribution in [0.5, 0.6) is 5.75 Å². The molecule has 0 N–H and O–H groups in total. The molecule has 0 aliphatic carbocycles. The quantitative estimate of drug-likeness (QED) is 0.595. The van der Waals surface area contributed by atoms with Gasteiger partial charge in [0.2, 0.25) is 11.8 Å². The van der Waals surface area contributed by atoms with Gasteiger partial charge >= 0.3 is 0 Å². The van der Waals surface area contributed by atoms with Crippen molar-refractivity contribution in [2.45, 2.75) is 47.1 Å². The summed E-state index contributed by atoms with van der Waals surface area (Å²) in [6.07, 6.45) is 0.849. The molecular formula is C25H34N2O3S. The number of fused-ring (bicyclic) bond motifs is 1. The highest BCUT2D eigenvalue weighted by Gasteiger charge is 2.34.